The molecule has 0 aliphatic heterocycles. The molecule has 0 radical (unpaired) electrons. The number of nitrogens with zero attached hydrogens (tertiary/aromatic N) is 1. The molecule has 0 unspecified atom stereocenters. The Morgan fingerprint density at radius 2 is 2.16 bits per heavy atom. The number of nitrogens with one attached hydrogen (secondary N) is 1. The zero-order valence-corrected chi connectivity index (χ0v) is 12.1. The molecule has 0 bridgehead atoms. The lowest BCUT2D eigenvalue weighted by Crippen LogP contribution is -2.22. The van der Waals surface area contributed by atoms with Gasteiger partial charge in [-0.2, -0.15) is 0 Å². The van der Waals surface area contributed by atoms with Crippen LogP contribution in [0.3, 0.4) is 0 Å². The Morgan fingerprint density at radius 1 is 1.37 bits per heavy atom. The normalized spacial score (nSPS) is 11.6. The second-order valence-electron chi connectivity index (χ2n) is 4.16. The predicted octanol–water partition coefficient (Wildman–Crippen LogP) is 2.38. The van der Waals surface area contributed by atoms with E-state index in [1.54, 1.807) is 11.3 Å². The van der Waals surface area contributed by atoms with E-state index in [1.165, 1.54) is 10.4 Å². The van der Waals surface area contributed by atoms with Crippen molar-refractivity contribution < 1.29 is 0 Å². The van der Waals surface area contributed by atoms with Crippen molar-refractivity contribution in [3.05, 3.63) is 56.2 Å². The second kappa shape index (κ2) is 6.06. The molecule has 0 saturated carbocycles. The molecular weight excluding hydrogens is 280 g/mol. The molecule has 2 aromatic rings. The fraction of sp³-hybridized carbons (Fsp3) is 0.154. The lowest BCUT2D eigenvalue weighted by atomic mass is 10.1. The van der Waals surface area contributed by atoms with Crippen molar-refractivity contribution in [3.63, 3.8) is 0 Å². The van der Waals surface area contributed by atoms with Gasteiger partial charge in [0.05, 0.1) is 4.88 Å². The molecule has 1 heterocycles. The lowest BCUT2D eigenvalue weighted by molar-refractivity contribution is 0.804. The first-order chi connectivity index (χ1) is 9.10. The highest BCUT2D eigenvalue weighted by Crippen LogP contribution is 2.24. The van der Waals surface area contributed by atoms with Crippen LogP contribution in [0.2, 0.25) is 5.02 Å². The van der Waals surface area contributed by atoms with Crippen LogP contribution in [0, 0.1) is 6.92 Å². The molecule has 1 aromatic carbocycles. The van der Waals surface area contributed by atoms with Gasteiger partial charge < -0.3 is 5.73 Å². The number of aryl methyl sites for hydroxylation is 1. The van der Waals surface area contributed by atoms with Gasteiger partial charge in [-0.1, -0.05) is 29.3 Å². The number of thiophene rings is 1. The number of rotatable bonds is 4. The average molecular weight is 295 g/mol. The van der Waals surface area contributed by atoms with Crippen molar-refractivity contribution in [2.45, 2.75) is 13.3 Å². The summed E-state index contributed by atoms with van der Waals surface area (Å²) in [6, 6.07) is 9.98. The maximum atomic E-state index is 6.19. The van der Waals surface area contributed by atoms with E-state index in [1.807, 2.05) is 24.3 Å². The number of benzene rings is 1. The number of hydrazone groups is 1. The van der Waals surface area contributed by atoms with Crippen molar-refractivity contribution in [1.82, 2.24) is 5.53 Å². The summed E-state index contributed by atoms with van der Waals surface area (Å²) in [6.45, 7) is 2.05. The quantitative estimate of drug-likeness (QED) is 0.351. The van der Waals surface area contributed by atoms with Gasteiger partial charge in [-0.15, -0.1) is 16.4 Å². The molecule has 0 amide bonds. The summed E-state index contributed by atoms with van der Waals surface area (Å²) in [6.07, 6.45) is 0.786. The van der Waals surface area contributed by atoms with E-state index < -0.39 is 0 Å². The van der Waals surface area contributed by atoms with E-state index in [4.69, 9.17) is 23.2 Å². The van der Waals surface area contributed by atoms with Gasteiger partial charge in [-0.05, 0) is 30.7 Å². The third-order valence-electron chi connectivity index (χ3n) is 2.67. The smallest absolute Gasteiger partial charge is 0.162 e. The summed E-state index contributed by atoms with van der Waals surface area (Å²) in [5.41, 5.74) is 10.3. The fourth-order valence-corrected chi connectivity index (χ4v) is 2.88. The molecule has 4 nitrogen and oxygen atoms in total. The zero-order chi connectivity index (χ0) is 13.8. The van der Waals surface area contributed by atoms with Crippen LogP contribution in [0.1, 0.15) is 20.9 Å². The molecule has 0 fully saturated rings. The Balaban J connectivity index is 2.20. The Bertz CT molecular complexity index is 606. The van der Waals surface area contributed by atoms with E-state index in [-0.39, 0.29) is 0 Å². The third-order valence-corrected chi connectivity index (χ3v) is 4.14. The highest BCUT2D eigenvalue weighted by Gasteiger charge is 2.07. The molecule has 19 heavy (non-hydrogen) atoms. The summed E-state index contributed by atoms with van der Waals surface area (Å²) in [4.78, 5) is 2.06. The summed E-state index contributed by atoms with van der Waals surface area (Å²) < 4.78 is 0. The number of nitrogens with two attached hydrogens (primary N) is 2. The van der Waals surface area contributed by atoms with Crippen LogP contribution in [-0.2, 0) is 6.42 Å². The Labute approximate surface area is 121 Å². The van der Waals surface area contributed by atoms with Gasteiger partial charge in [0.2, 0.25) is 0 Å². The highest BCUT2D eigenvalue weighted by atomic mass is 35.5. The van der Waals surface area contributed by atoms with Crippen LogP contribution in [0.5, 0.6) is 0 Å². The van der Waals surface area contributed by atoms with E-state index in [2.05, 4.69) is 23.6 Å². The molecule has 5 N–H and O–H groups in total. The standard InChI is InChI=1S/C13H15ClN4S/c1-8-2-4-11(14)9(6-8)7-10-3-5-12(19-10)13(15)17-18-16/h2-6,18H,7,16H2,1H3,(H2,15,17). The number of halogens is 1. The van der Waals surface area contributed by atoms with Gasteiger partial charge in [0.15, 0.2) is 5.84 Å². The molecular formula is C13H15ClN4S. The fourth-order valence-electron chi connectivity index (χ4n) is 1.76. The van der Waals surface area contributed by atoms with Crippen LogP contribution < -0.4 is 17.1 Å². The minimum atomic E-state index is 0.383. The maximum Gasteiger partial charge on any atom is 0.162 e. The summed E-state index contributed by atoms with van der Waals surface area (Å²) in [5, 5.41) is 4.54. The minimum Gasteiger partial charge on any atom is -0.381 e. The first-order valence-corrected chi connectivity index (χ1v) is 6.92. The summed E-state index contributed by atoms with van der Waals surface area (Å²) >= 11 is 7.78. The second-order valence-corrected chi connectivity index (χ2v) is 5.74. The van der Waals surface area contributed by atoms with Gasteiger partial charge in [0.25, 0.3) is 0 Å². The van der Waals surface area contributed by atoms with Crippen LogP contribution in [0.15, 0.2) is 35.4 Å². The molecule has 0 atom stereocenters. The largest absolute Gasteiger partial charge is 0.381 e. The van der Waals surface area contributed by atoms with Gasteiger partial charge in [-0.25, -0.2) is 11.4 Å². The van der Waals surface area contributed by atoms with Crippen LogP contribution in [0.4, 0.5) is 0 Å². The SMILES string of the molecule is Cc1ccc(Cl)c(Cc2ccc(/C(N)=N/NN)s2)c1. The molecule has 0 aliphatic carbocycles. The first kappa shape index (κ1) is 13.9. The zero-order valence-electron chi connectivity index (χ0n) is 10.5. The van der Waals surface area contributed by atoms with Crippen LogP contribution in [-0.4, -0.2) is 5.84 Å². The highest BCUT2D eigenvalue weighted by molar-refractivity contribution is 7.14. The number of hydrogen-bond acceptors (Lipinski definition) is 4. The van der Waals surface area contributed by atoms with Crippen LogP contribution in [0.25, 0.3) is 0 Å². The van der Waals surface area contributed by atoms with E-state index in [9.17, 15) is 0 Å². The maximum absolute atomic E-state index is 6.19. The molecule has 0 spiro atoms. The van der Waals surface area contributed by atoms with Gasteiger partial charge in [0.1, 0.15) is 0 Å². The lowest BCUT2D eigenvalue weighted by Gasteiger charge is -2.03. The Kier molecular flexibility index (Phi) is 4.42. The summed E-state index contributed by atoms with van der Waals surface area (Å²) in [5.74, 6) is 5.49. The minimum absolute atomic E-state index is 0.383. The molecule has 100 valence electrons. The van der Waals surface area contributed by atoms with Gasteiger partial charge >= 0.3 is 0 Å². The Morgan fingerprint density at radius 3 is 2.89 bits per heavy atom. The van der Waals surface area contributed by atoms with Crippen molar-refractivity contribution in [2.24, 2.45) is 16.7 Å². The van der Waals surface area contributed by atoms with Crippen molar-refractivity contribution in [1.29, 1.82) is 0 Å². The van der Waals surface area contributed by atoms with Gasteiger partial charge in [-0.3, -0.25) is 0 Å². The van der Waals surface area contributed by atoms with E-state index in [0.29, 0.717) is 5.84 Å². The average Bonchev–Trinajstić information content (AvgIpc) is 2.83. The Hall–Kier alpha value is -1.56. The van der Waals surface area contributed by atoms with Crippen molar-refractivity contribution in [2.75, 3.05) is 0 Å². The van der Waals surface area contributed by atoms with E-state index in [0.717, 1.165) is 21.9 Å². The van der Waals surface area contributed by atoms with E-state index >= 15 is 0 Å². The monoisotopic (exact) mass is 294 g/mol. The molecule has 1 aromatic heterocycles. The first-order valence-electron chi connectivity index (χ1n) is 5.73. The third kappa shape index (κ3) is 3.47. The number of hydrazine groups is 1. The predicted molar refractivity (Wildman–Crippen MR) is 81.4 cm³/mol. The molecule has 0 aliphatic rings. The van der Waals surface area contributed by atoms with Crippen LogP contribution >= 0.6 is 22.9 Å². The number of hydrogen-bond donors (Lipinski definition) is 3. The molecule has 6 heteroatoms. The molecule has 2 rings (SSSR count). The van der Waals surface area contributed by atoms with Gasteiger partial charge in [0, 0.05) is 16.3 Å². The van der Waals surface area contributed by atoms with Crippen molar-refractivity contribution in [3.8, 4) is 0 Å². The molecule has 0 saturated heterocycles. The summed E-state index contributed by atoms with van der Waals surface area (Å²) in [7, 11) is 0. The van der Waals surface area contributed by atoms with Crippen molar-refractivity contribution >= 4 is 28.8 Å². The number of amidine groups is 1. The topological polar surface area (TPSA) is 76.4 Å².